The molecule has 0 aliphatic heterocycles. The van der Waals surface area contributed by atoms with E-state index in [0.29, 0.717) is 5.89 Å². The molecule has 1 aromatic carbocycles. The van der Waals surface area contributed by atoms with Crippen molar-refractivity contribution in [3.05, 3.63) is 41.8 Å². The van der Waals surface area contributed by atoms with Gasteiger partial charge in [0.05, 0.1) is 11.8 Å². The molecule has 4 heteroatoms. The summed E-state index contributed by atoms with van der Waals surface area (Å²) in [7, 11) is 2.02. The number of aliphatic hydroxyl groups excluding tert-OH is 1. The molecule has 1 atom stereocenters. The Morgan fingerprint density at radius 1 is 1.30 bits per heavy atom. The first kappa shape index (κ1) is 14.8. The maximum absolute atomic E-state index is 9.28. The third-order valence-electron chi connectivity index (χ3n) is 3.21. The minimum absolute atomic E-state index is 0.266. The van der Waals surface area contributed by atoms with Crippen molar-refractivity contribution in [2.24, 2.45) is 0 Å². The highest BCUT2D eigenvalue weighted by Gasteiger charge is 2.09. The van der Waals surface area contributed by atoms with Crippen LogP contribution in [0.5, 0.6) is 0 Å². The van der Waals surface area contributed by atoms with Gasteiger partial charge < -0.3 is 14.4 Å². The predicted octanol–water partition coefficient (Wildman–Crippen LogP) is 2.85. The van der Waals surface area contributed by atoms with Gasteiger partial charge in [-0.05, 0) is 39.4 Å². The van der Waals surface area contributed by atoms with Gasteiger partial charge in [-0.2, -0.15) is 0 Å². The Morgan fingerprint density at radius 2 is 2.00 bits per heavy atom. The van der Waals surface area contributed by atoms with Crippen molar-refractivity contribution in [2.45, 2.75) is 32.9 Å². The molecule has 2 aromatic rings. The standard InChI is InChI=1S/C16H22N2O2/c1-12-4-6-14(7-5-12)16-17-15(11-20-16)10-18(3)9-8-13(2)19/h4-7,11,13,19H,8-10H2,1-3H3. The van der Waals surface area contributed by atoms with Crippen molar-refractivity contribution in [1.82, 2.24) is 9.88 Å². The molecule has 0 bridgehead atoms. The van der Waals surface area contributed by atoms with E-state index in [9.17, 15) is 5.11 Å². The highest BCUT2D eigenvalue weighted by molar-refractivity contribution is 5.53. The van der Waals surface area contributed by atoms with Crippen molar-refractivity contribution in [2.75, 3.05) is 13.6 Å². The zero-order valence-electron chi connectivity index (χ0n) is 12.3. The van der Waals surface area contributed by atoms with Crippen LogP contribution >= 0.6 is 0 Å². The molecule has 0 fully saturated rings. The number of hydrogen-bond donors (Lipinski definition) is 1. The van der Waals surface area contributed by atoms with Crippen molar-refractivity contribution in [3.8, 4) is 11.5 Å². The first-order valence-corrected chi connectivity index (χ1v) is 6.92. The van der Waals surface area contributed by atoms with Crippen LogP contribution in [0.25, 0.3) is 11.5 Å². The van der Waals surface area contributed by atoms with Gasteiger partial charge in [-0.3, -0.25) is 0 Å². The molecule has 0 radical (unpaired) electrons. The second kappa shape index (κ2) is 6.68. The minimum atomic E-state index is -0.266. The van der Waals surface area contributed by atoms with Crippen LogP contribution in [0.3, 0.4) is 0 Å². The lowest BCUT2D eigenvalue weighted by Gasteiger charge is -2.15. The molecule has 1 unspecified atom stereocenters. The van der Waals surface area contributed by atoms with E-state index >= 15 is 0 Å². The molecular weight excluding hydrogens is 252 g/mol. The van der Waals surface area contributed by atoms with Crippen LogP contribution in [-0.2, 0) is 6.54 Å². The lowest BCUT2D eigenvalue weighted by Crippen LogP contribution is -2.22. The molecule has 2 rings (SSSR count). The Labute approximate surface area is 120 Å². The maximum atomic E-state index is 9.28. The van der Waals surface area contributed by atoms with Gasteiger partial charge in [0.1, 0.15) is 6.26 Å². The summed E-state index contributed by atoms with van der Waals surface area (Å²) in [6.07, 6.45) is 2.20. The summed E-state index contributed by atoms with van der Waals surface area (Å²) in [6, 6.07) is 8.13. The summed E-state index contributed by atoms with van der Waals surface area (Å²) in [5.41, 5.74) is 3.13. The molecule has 0 saturated heterocycles. The van der Waals surface area contributed by atoms with Crippen LogP contribution in [0, 0.1) is 6.92 Å². The lowest BCUT2D eigenvalue weighted by atomic mass is 10.1. The van der Waals surface area contributed by atoms with Gasteiger partial charge in [0.15, 0.2) is 0 Å². The van der Waals surface area contributed by atoms with Gasteiger partial charge in [-0.15, -0.1) is 0 Å². The van der Waals surface area contributed by atoms with Gasteiger partial charge in [0, 0.05) is 18.7 Å². The molecule has 20 heavy (non-hydrogen) atoms. The highest BCUT2D eigenvalue weighted by Crippen LogP contribution is 2.19. The van der Waals surface area contributed by atoms with Crippen LogP contribution in [0.15, 0.2) is 34.9 Å². The van der Waals surface area contributed by atoms with Crippen LogP contribution in [0.2, 0.25) is 0 Å². The summed E-state index contributed by atoms with van der Waals surface area (Å²) in [5, 5.41) is 9.28. The number of aliphatic hydroxyl groups is 1. The molecule has 0 saturated carbocycles. The Morgan fingerprint density at radius 3 is 2.65 bits per heavy atom. The zero-order valence-corrected chi connectivity index (χ0v) is 12.3. The topological polar surface area (TPSA) is 49.5 Å². The predicted molar refractivity (Wildman–Crippen MR) is 79.3 cm³/mol. The maximum Gasteiger partial charge on any atom is 0.226 e. The molecule has 1 aromatic heterocycles. The summed E-state index contributed by atoms with van der Waals surface area (Å²) in [6.45, 7) is 5.42. The fourth-order valence-corrected chi connectivity index (χ4v) is 1.97. The van der Waals surface area contributed by atoms with E-state index in [1.807, 2.05) is 31.3 Å². The van der Waals surface area contributed by atoms with E-state index in [0.717, 1.165) is 30.8 Å². The normalized spacial score (nSPS) is 12.8. The van der Waals surface area contributed by atoms with E-state index in [4.69, 9.17) is 4.42 Å². The number of rotatable bonds is 6. The number of oxazole rings is 1. The zero-order chi connectivity index (χ0) is 14.5. The van der Waals surface area contributed by atoms with E-state index in [2.05, 4.69) is 16.8 Å². The molecular formula is C16H22N2O2. The Kier molecular flexibility index (Phi) is 4.93. The number of aryl methyl sites for hydroxylation is 1. The van der Waals surface area contributed by atoms with Crippen LogP contribution in [0.4, 0.5) is 0 Å². The largest absolute Gasteiger partial charge is 0.444 e. The van der Waals surface area contributed by atoms with Crippen LogP contribution in [0.1, 0.15) is 24.6 Å². The quantitative estimate of drug-likeness (QED) is 0.880. The SMILES string of the molecule is Cc1ccc(-c2nc(CN(C)CCC(C)O)co2)cc1. The van der Waals surface area contributed by atoms with E-state index in [1.54, 1.807) is 13.2 Å². The summed E-state index contributed by atoms with van der Waals surface area (Å²) in [5.74, 6) is 0.656. The number of aromatic nitrogens is 1. The second-order valence-corrected chi connectivity index (χ2v) is 5.39. The molecule has 108 valence electrons. The van der Waals surface area contributed by atoms with Crippen molar-refractivity contribution in [3.63, 3.8) is 0 Å². The Balaban J connectivity index is 1.96. The fraction of sp³-hybridized carbons (Fsp3) is 0.438. The molecule has 0 amide bonds. The first-order chi connectivity index (χ1) is 9.54. The van der Waals surface area contributed by atoms with Gasteiger partial charge in [-0.1, -0.05) is 17.7 Å². The number of benzene rings is 1. The third kappa shape index (κ3) is 4.18. The average molecular weight is 274 g/mol. The van der Waals surface area contributed by atoms with Gasteiger partial charge in [0.2, 0.25) is 5.89 Å². The monoisotopic (exact) mass is 274 g/mol. The Bertz CT molecular complexity index is 532. The van der Waals surface area contributed by atoms with E-state index in [-0.39, 0.29) is 6.10 Å². The van der Waals surface area contributed by atoms with Crippen LogP contribution in [-0.4, -0.2) is 34.7 Å². The van der Waals surface area contributed by atoms with Crippen molar-refractivity contribution < 1.29 is 9.52 Å². The molecule has 0 aliphatic rings. The number of nitrogens with zero attached hydrogens (tertiary/aromatic N) is 2. The smallest absolute Gasteiger partial charge is 0.226 e. The van der Waals surface area contributed by atoms with Gasteiger partial charge in [-0.25, -0.2) is 4.98 Å². The van der Waals surface area contributed by atoms with Gasteiger partial charge >= 0.3 is 0 Å². The summed E-state index contributed by atoms with van der Waals surface area (Å²) >= 11 is 0. The fourth-order valence-electron chi connectivity index (χ4n) is 1.97. The third-order valence-corrected chi connectivity index (χ3v) is 3.21. The second-order valence-electron chi connectivity index (χ2n) is 5.39. The highest BCUT2D eigenvalue weighted by atomic mass is 16.3. The molecule has 4 nitrogen and oxygen atoms in total. The summed E-state index contributed by atoms with van der Waals surface area (Å²) < 4.78 is 5.53. The average Bonchev–Trinajstić information content (AvgIpc) is 2.85. The minimum Gasteiger partial charge on any atom is -0.444 e. The van der Waals surface area contributed by atoms with Crippen molar-refractivity contribution >= 4 is 0 Å². The molecule has 1 N–H and O–H groups in total. The van der Waals surface area contributed by atoms with E-state index < -0.39 is 0 Å². The number of hydrogen-bond acceptors (Lipinski definition) is 4. The molecule has 0 aliphatic carbocycles. The first-order valence-electron chi connectivity index (χ1n) is 6.92. The van der Waals surface area contributed by atoms with E-state index in [1.165, 1.54) is 5.56 Å². The van der Waals surface area contributed by atoms with Gasteiger partial charge in [0.25, 0.3) is 0 Å². The molecule has 0 spiro atoms. The summed E-state index contributed by atoms with van der Waals surface area (Å²) in [4.78, 5) is 6.63. The Hall–Kier alpha value is -1.65. The van der Waals surface area contributed by atoms with Crippen molar-refractivity contribution in [1.29, 1.82) is 0 Å². The lowest BCUT2D eigenvalue weighted by molar-refractivity contribution is 0.162. The molecule has 1 heterocycles. The van der Waals surface area contributed by atoms with Crippen LogP contribution < -0.4 is 0 Å².